The van der Waals surface area contributed by atoms with Crippen LogP contribution in [0.15, 0.2) is 29.6 Å². The third-order valence-corrected chi connectivity index (χ3v) is 3.78. The molecule has 0 radical (unpaired) electrons. The first-order chi connectivity index (χ1) is 7.59. The Labute approximate surface area is 106 Å². The van der Waals surface area contributed by atoms with Crippen LogP contribution in [0.5, 0.6) is 0 Å². The summed E-state index contributed by atoms with van der Waals surface area (Å²) < 4.78 is 0. The molecule has 0 saturated heterocycles. The van der Waals surface area contributed by atoms with E-state index in [0.717, 1.165) is 5.56 Å². The monoisotopic (exact) mass is 272 g/mol. The second-order valence-corrected chi connectivity index (χ2v) is 4.83. The van der Waals surface area contributed by atoms with Gasteiger partial charge in [0.15, 0.2) is 0 Å². The maximum Gasteiger partial charge on any atom is 0.337 e. The van der Waals surface area contributed by atoms with Crippen LogP contribution in [0.3, 0.4) is 0 Å². The van der Waals surface area contributed by atoms with E-state index in [1.54, 1.807) is 29.6 Å². The number of carboxylic acids is 1. The minimum absolute atomic E-state index is 0.281. The fourth-order valence-electron chi connectivity index (χ4n) is 1.34. The Hall–Kier alpha value is -1.03. The van der Waals surface area contributed by atoms with Gasteiger partial charge in [-0.2, -0.15) is 0 Å². The highest BCUT2D eigenvalue weighted by atomic mass is 35.5. The summed E-state index contributed by atoms with van der Waals surface area (Å²) in [7, 11) is 0. The first kappa shape index (κ1) is 11.5. The zero-order valence-corrected chi connectivity index (χ0v) is 10.2. The predicted molar refractivity (Wildman–Crippen MR) is 66.7 cm³/mol. The lowest BCUT2D eigenvalue weighted by Gasteiger charge is -2.02. The van der Waals surface area contributed by atoms with Crippen molar-refractivity contribution in [1.82, 2.24) is 0 Å². The highest BCUT2D eigenvalue weighted by molar-refractivity contribution is 7.14. The van der Waals surface area contributed by atoms with Crippen LogP contribution < -0.4 is 0 Å². The van der Waals surface area contributed by atoms with E-state index in [2.05, 4.69) is 0 Å². The first-order valence-electron chi connectivity index (χ1n) is 4.36. The molecule has 2 nitrogen and oxygen atoms in total. The predicted octanol–water partition coefficient (Wildman–Crippen LogP) is 4.42. The van der Waals surface area contributed by atoms with Gasteiger partial charge in [0.05, 0.1) is 15.6 Å². The average Bonchev–Trinajstić information content (AvgIpc) is 2.71. The van der Waals surface area contributed by atoms with Gasteiger partial charge in [0.25, 0.3) is 0 Å². The van der Waals surface area contributed by atoms with Crippen molar-refractivity contribution in [3.05, 3.63) is 45.3 Å². The van der Waals surface area contributed by atoms with Crippen molar-refractivity contribution in [3.63, 3.8) is 0 Å². The van der Waals surface area contributed by atoms with Crippen molar-refractivity contribution in [3.8, 4) is 10.4 Å². The highest BCUT2D eigenvalue weighted by Gasteiger charge is 2.13. The van der Waals surface area contributed by atoms with Crippen molar-refractivity contribution >= 4 is 40.5 Å². The molecule has 0 fully saturated rings. The van der Waals surface area contributed by atoms with Crippen LogP contribution in [0, 0.1) is 0 Å². The fourth-order valence-corrected chi connectivity index (χ4v) is 2.52. The zero-order valence-electron chi connectivity index (χ0n) is 7.91. The van der Waals surface area contributed by atoms with Crippen molar-refractivity contribution in [2.45, 2.75) is 0 Å². The van der Waals surface area contributed by atoms with E-state index in [4.69, 9.17) is 28.3 Å². The molecule has 0 spiro atoms. The van der Waals surface area contributed by atoms with Gasteiger partial charge in [0, 0.05) is 4.88 Å². The van der Waals surface area contributed by atoms with Gasteiger partial charge in [-0.15, -0.1) is 11.3 Å². The summed E-state index contributed by atoms with van der Waals surface area (Å²) in [5.41, 5.74) is 1.05. The number of carbonyl (C=O) groups is 1. The number of aromatic carboxylic acids is 1. The first-order valence-corrected chi connectivity index (χ1v) is 5.99. The Bertz CT molecular complexity index is 549. The lowest BCUT2D eigenvalue weighted by atomic mass is 10.1. The van der Waals surface area contributed by atoms with Gasteiger partial charge in [-0.05, 0) is 29.1 Å². The molecule has 1 aromatic heterocycles. The molecule has 5 heteroatoms. The molecule has 0 unspecified atom stereocenters. The average molecular weight is 273 g/mol. The number of halogens is 2. The topological polar surface area (TPSA) is 37.3 Å². The number of benzene rings is 1. The standard InChI is InChI=1S/C11H6Cl2O2S/c12-8-2-1-6(5-9(8)13)10-7(11(14)15)3-4-16-10/h1-5H,(H,14,15). The van der Waals surface area contributed by atoms with E-state index in [0.29, 0.717) is 14.9 Å². The number of hydrogen-bond acceptors (Lipinski definition) is 2. The van der Waals surface area contributed by atoms with E-state index in [-0.39, 0.29) is 5.56 Å². The minimum atomic E-state index is -0.942. The van der Waals surface area contributed by atoms with Crippen LogP contribution in [0.25, 0.3) is 10.4 Å². The van der Waals surface area contributed by atoms with Gasteiger partial charge in [-0.1, -0.05) is 29.3 Å². The van der Waals surface area contributed by atoms with Crippen LogP contribution in [0.4, 0.5) is 0 Å². The number of carboxylic acid groups (broad SMARTS) is 1. The maximum absolute atomic E-state index is 11.0. The highest BCUT2D eigenvalue weighted by Crippen LogP contribution is 2.33. The molecule has 2 aromatic rings. The molecule has 2 rings (SSSR count). The number of rotatable bonds is 2. The molecule has 0 aliphatic carbocycles. The third-order valence-electron chi connectivity index (χ3n) is 2.08. The Morgan fingerprint density at radius 2 is 1.94 bits per heavy atom. The van der Waals surface area contributed by atoms with Crippen molar-refractivity contribution in [1.29, 1.82) is 0 Å². The van der Waals surface area contributed by atoms with Crippen molar-refractivity contribution in [2.24, 2.45) is 0 Å². The van der Waals surface area contributed by atoms with Gasteiger partial charge in [0.1, 0.15) is 0 Å². The van der Waals surface area contributed by atoms with Gasteiger partial charge in [0.2, 0.25) is 0 Å². The maximum atomic E-state index is 11.0. The molecule has 1 heterocycles. The Morgan fingerprint density at radius 3 is 2.56 bits per heavy atom. The van der Waals surface area contributed by atoms with E-state index in [1.807, 2.05) is 0 Å². The summed E-state index contributed by atoms with van der Waals surface area (Å²) in [6.45, 7) is 0. The van der Waals surface area contributed by atoms with Gasteiger partial charge < -0.3 is 5.11 Å². The molecule has 1 aromatic carbocycles. The van der Waals surface area contributed by atoms with Gasteiger partial charge in [-0.3, -0.25) is 0 Å². The summed E-state index contributed by atoms with van der Waals surface area (Å²) in [5, 5.41) is 11.6. The van der Waals surface area contributed by atoms with Gasteiger partial charge >= 0.3 is 5.97 Å². The summed E-state index contributed by atoms with van der Waals surface area (Å²) in [5.74, 6) is -0.942. The number of thiophene rings is 1. The van der Waals surface area contributed by atoms with Crippen LogP contribution in [-0.4, -0.2) is 11.1 Å². The largest absolute Gasteiger partial charge is 0.478 e. The van der Waals surface area contributed by atoms with Crippen LogP contribution in [0.2, 0.25) is 10.0 Å². The molecule has 0 bridgehead atoms. The quantitative estimate of drug-likeness (QED) is 0.879. The van der Waals surface area contributed by atoms with Crippen LogP contribution in [-0.2, 0) is 0 Å². The summed E-state index contributed by atoms with van der Waals surface area (Å²) in [6.07, 6.45) is 0. The fraction of sp³-hybridized carbons (Fsp3) is 0. The molecule has 1 N–H and O–H groups in total. The minimum Gasteiger partial charge on any atom is -0.478 e. The second kappa shape index (κ2) is 4.45. The second-order valence-electron chi connectivity index (χ2n) is 3.10. The summed E-state index contributed by atoms with van der Waals surface area (Å²) in [6, 6.07) is 6.66. The molecule has 82 valence electrons. The van der Waals surface area contributed by atoms with E-state index in [1.165, 1.54) is 11.3 Å². The smallest absolute Gasteiger partial charge is 0.337 e. The molecule has 16 heavy (non-hydrogen) atoms. The Morgan fingerprint density at radius 1 is 1.19 bits per heavy atom. The summed E-state index contributed by atoms with van der Waals surface area (Å²) in [4.78, 5) is 11.6. The normalized spacial score (nSPS) is 10.4. The van der Waals surface area contributed by atoms with Gasteiger partial charge in [-0.25, -0.2) is 4.79 Å². The van der Waals surface area contributed by atoms with Crippen molar-refractivity contribution in [2.75, 3.05) is 0 Å². The lowest BCUT2D eigenvalue weighted by molar-refractivity contribution is 0.0698. The van der Waals surface area contributed by atoms with E-state index < -0.39 is 5.97 Å². The van der Waals surface area contributed by atoms with Crippen LogP contribution in [0.1, 0.15) is 10.4 Å². The SMILES string of the molecule is O=C(O)c1ccsc1-c1ccc(Cl)c(Cl)c1. The third kappa shape index (κ3) is 2.07. The lowest BCUT2D eigenvalue weighted by Crippen LogP contribution is -1.95. The number of hydrogen-bond donors (Lipinski definition) is 1. The molecule has 0 atom stereocenters. The van der Waals surface area contributed by atoms with E-state index in [9.17, 15) is 4.79 Å². The Balaban J connectivity index is 2.54. The molecule has 0 saturated carbocycles. The summed E-state index contributed by atoms with van der Waals surface area (Å²) >= 11 is 13.1. The molecule has 0 aliphatic heterocycles. The molecular weight excluding hydrogens is 267 g/mol. The molecular formula is C11H6Cl2O2S. The Kier molecular flexibility index (Phi) is 3.19. The van der Waals surface area contributed by atoms with Crippen molar-refractivity contribution < 1.29 is 9.90 Å². The van der Waals surface area contributed by atoms with Crippen LogP contribution >= 0.6 is 34.5 Å². The zero-order chi connectivity index (χ0) is 11.7. The molecule has 0 aliphatic rings. The van der Waals surface area contributed by atoms with E-state index >= 15 is 0 Å². The molecule has 0 amide bonds.